The molecule has 2 rings (SSSR count). The third kappa shape index (κ3) is 4.71. The van der Waals surface area contributed by atoms with E-state index in [1.54, 1.807) is 24.3 Å². The van der Waals surface area contributed by atoms with Gasteiger partial charge in [0.1, 0.15) is 0 Å². The molecule has 1 aromatic rings. The van der Waals surface area contributed by atoms with E-state index < -0.39 is 17.9 Å². The van der Waals surface area contributed by atoms with Crippen LogP contribution in [0.4, 0.5) is 5.69 Å². The van der Waals surface area contributed by atoms with Gasteiger partial charge in [0.2, 0.25) is 0 Å². The number of nitrogens with one attached hydrogen (secondary N) is 2. The van der Waals surface area contributed by atoms with Crippen LogP contribution in [0.25, 0.3) is 0 Å². The topological polar surface area (TPSA) is 78.4 Å². The second kappa shape index (κ2) is 8.15. The Morgan fingerprint density at radius 1 is 1.18 bits per heavy atom. The van der Waals surface area contributed by atoms with Crippen molar-refractivity contribution < 1.29 is 14.7 Å². The Morgan fingerprint density at radius 2 is 1.86 bits per heavy atom. The van der Waals surface area contributed by atoms with E-state index in [-0.39, 0.29) is 12.5 Å². The summed E-state index contributed by atoms with van der Waals surface area (Å²) in [5.74, 6) is -1.35. The normalized spacial score (nSPS) is 16.8. The van der Waals surface area contributed by atoms with Crippen molar-refractivity contribution in [1.82, 2.24) is 5.32 Å². The highest BCUT2D eigenvalue weighted by molar-refractivity contribution is 6.41. The van der Waals surface area contributed by atoms with E-state index in [2.05, 4.69) is 10.6 Å². The average molecular weight is 325 g/mol. The zero-order valence-corrected chi connectivity index (χ0v) is 13.1. The first-order chi connectivity index (χ1) is 10.6. The molecule has 5 nitrogen and oxygen atoms in total. The number of anilines is 1. The maximum Gasteiger partial charge on any atom is 0.313 e. The number of hydrogen-bond donors (Lipinski definition) is 3. The highest BCUT2D eigenvalue weighted by Gasteiger charge is 2.23. The van der Waals surface area contributed by atoms with Gasteiger partial charge in [0.05, 0.1) is 16.8 Å². The molecule has 0 unspecified atom stereocenters. The first kappa shape index (κ1) is 16.8. The molecule has 0 spiro atoms. The number of halogens is 1. The lowest BCUT2D eigenvalue weighted by Crippen LogP contribution is -2.42. The van der Waals surface area contributed by atoms with Crippen LogP contribution in [0.1, 0.15) is 32.1 Å². The Morgan fingerprint density at radius 3 is 2.55 bits per heavy atom. The third-order valence-corrected chi connectivity index (χ3v) is 4.32. The maximum atomic E-state index is 11.8. The van der Waals surface area contributed by atoms with Crippen LogP contribution < -0.4 is 10.6 Å². The summed E-state index contributed by atoms with van der Waals surface area (Å²) in [7, 11) is 0. The Kier molecular flexibility index (Phi) is 6.21. The molecule has 0 aromatic heterocycles. The van der Waals surface area contributed by atoms with Crippen LogP contribution in [-0.2, 0) is 9.59 Å². The number of hydrogen-bond acceptors (Lipinski definition) is 3. The van der Waals surface area contributed by atoms with Crippen LogP contribution >= 0.6 is 11.6 Å². The lowest BCUT2D eigenvalue weighted by atomic mass is 9.85. The average Bonchev–Trinajstić information content (AvgIpc) is 2.55. The van der Waals surface area contributed by atoms with E-state index in [4.69, 9.17) is 11.6 Å². The minimum absolute atomic E-state index is 0.0967. The van der Waals surface area contributed by atoms with Crippen molar-refractivity contribution in [1.29, 1.82) is 0 Å². The molecule has 0 bridgehead atoms. The fraction of sp³-hybridized carbons (Fsp3) is 0.500. The molecule has 1 saturated carbocycles. The van der Waals surface area contributed by atoms with Gasteiger partial charge in [0.25, 0.3) is 0 Å². The second-order valence-electron chi connectivity index (χ2n) is 5.61. The standard InChI is InChI=1S/C16H21ClN2O3/c17-12-8-4-5-9-13(12)19-16(22)15(21)18-10-14(20)11-6-2-1-3-7-11/h4-5,8-9,11,14,20H,1-3,6-7,10H2,(H,18,21)(H,19,22)/t14-/m1/s1. The summed E-state index contributed by atoms with van der Waals surface area (Å²) in [4.78, 5) is 23.6. The number of carbonyl (C=O) groups excluding carboxylic acids is 2. The lowest BCUT2D eigenvalue weighted by Gasteiger charge is -2.26. The summed E-state index contributed by atoms with van der Waals surface area (Å²) in [6.07, 6.45) is 4.78. The first-order valence-electron chi connectivity index (χ1n) is 7.59. The molecule has 6 heteroatoms. The largest absolute Gasteiger partial charge is 0.391 e. The summed E-state index contributed by atoms with van der Waals surface area (Å²) in [5.41, 5.74) is 0.386. The zero-order chi connectivity index (χ0) is 15.9. The molecule has 22 heavy (non-hydrogen) atoms. The maximum absolute atomic E-state index is 11.8. The summed E-state index contributed by atoms with van der Waals surface area (Å²) >= 11 is 5.92. The molecule has 2 amide bonds. The fourth-order valence-corrected chi connectivity index (χ4v) is 2.89. The van der Waals surface area contributed by atoms with Crippen molar-refractivity contribution in [2.24, 2.45) is 5.92 Å². The summed E-state index contributed by atoms with van der Waals surface area (Å²) in [6, 6.07) is 6.69. The van der Waals surface area contributed by atoms with Crippen molar-refractivity contribution >= 4 is 29.1 Å². The molecule has 1 atom stereocenters. The number of para-hydroxylation sites is 1. The predicted molar refractivity (Wildman–Crippen MR) is 85.7 cm³/mol. The molecule has 0 radical (unpaired) electrons. The van der Waals surface area contributed by atoms with Crippen LogP contribution in [-0.4, -0.2) is 29.6 Å². The smallest absolute Gasteiger partial charge is 0.313 e. The van der Waals surface area contributed by atoms with Gasteiger partial charge in [-0.15, -0.1) is 0 Å². The highest BCUT2D eigenvalue weighted by Crippen LogP contribution is 2.26. The Bertz CT molecular complexity index is 530. The number of aliphatic hydroxyl groups excluding tert-OH is 1. The Balaban J connectivity index is 1.79. The second-order valence-corrected chi connectivity index (χ2v) is 6.02. The lowest BCUT2D eigenvalue weighted by molar-refractivity contribution is -0.136. The monoisotopic (exact) mass is 324 g/mol. The molecule has 1 aliphatic carbocycles. The van der Waals surface area contributed by atoms with Crippen LogP contribution in [0.3, 0.4) is 0 Å². The van der Waals surface area contributed by atoms with E-state index in [0.717, 1.165) is 25.7 Å². The van der Waals surface area contributed by atoms with Gasteiger partial charge in [0, 0.05) is 6.54 Å². The van der Waals surface area contributed by atoms with Crippen molar-refractivity contribution in [2.75, 3.05) is 11.9 Å². The predicted octanol–water partition coefficient (Wildman–Crippen LogP) is 2.34. The van der Waals surface area contributed by atoms with Crippen molar-refractivity contribution in [3.63, 3.8) is 0 Å². The molecule has 0 saturated heterocycles. The van der Waals surface area contributed by atoms with Gasteiger partial charge in [-0.1, -0.05) is 43.0 Å². The van der Waals surface area contributed by atoms with Crippen molar-refractivity contribution in [3.05, 3.63) is 29.3 Å². The summed E-state index contributed by atoms with van der Waals surface area (Å²) in [5, 5.41) is 15.4. The molecule has 0 aliphatic heterocycles. The molecule has 0 heterocycles. The minimum Gasteiger partial charge on any atom is -0.391 e. The van der Waals surface area contributed by atoms with E-state index in [1.165, 1.54) is 6.42 Å². The van der Waals surface area contributed by atoms with Crippen LogP contribution in [0.15, 0.2) is 24.3 Å². The number of amides is 2. The van der Waals surface area contributed by atoms with Gasteiger partial charge < -0.3 is 15.7 Å². The SMILES string of the molecule is O=C(NC[C@@H](O)C1CCCCC1)C(=O)Nc1ccccc1Cl. The van der Waals surface area contributed by atoms with Crippen molar-refractivity contribution in [3.8, 4) is 0 Å². The number of aliphatic hydroxyl groups is 1. The van der Waals surface area contributed by atoms with Gasteiger partial charge in [-0.25, -0.2) is 0 Å². The van der Waals surface area contributed by atoms with Gasteiger partial charge in [-0.05, 0) is 30.9 Å². The fourth-order valence-electron chi connectivity index (χ4n) is 2.70. The van der Waals surface area contributed by atoms with Crippen molar-refractivity contribution in [2.45, 2.75) is 38.2 Å². The molecule has 120 valence electrons. The van der Waals surface area contributed by atoms with Crippen LogP contribution in [0.2, 0.25) is 5.02 Å². The van der Waals surface area contributed by atoms with Gasteiger partial charge in [-0.2, -0.15) is 0 Å². The molecule has 1 aromatic carbocycles. The number of carbonyl (C=O) groups is 2. The van der Waals surface area contributed by atoms with Crippen LogP contribution in [0.5, 0.6) is 0 Å². The third-order valence-electron chi connectivity index (χ3n) is 3.99. The Labute approximate surface area is 135 Å². The van der Waals surface area contributed by atoms with E-state index in [0.29, 0.717) is 10.7 Å². The Hall–Kier alpha value is -1.59. The minimum atomic E-state index is -0.788. The zero-order valence-electron chi connectivity index (χ0n) is 12.3. The van der Waals surface area contributed by atoms with Gasteiger partial charge in [0.15, 0.2) is 0 Å². The molecule has 1 aliphatic rings. The number of rotatable bonds is 4. The molecule has 3 N–H and O–H groups in total. The summed E-state index contributed by atoms with van der Waals surface area (Å²) in [6.45, 7) is 0.0967. The summed E-state index contributed by atoms with van der Waals surface area (Å²) < 4.78 is 0. The van der Waals surface area contributed by atoms with E-state index >= 15 is 0 Å². The first-order valence-corrected chi connectivity index (χ1v) is 7.97. The molecular weight excluding hydrogens is 304 g/mol. The molecule has 1 fully saturated rings. The van der Waals surface area contributed by atoms with Gasteiger partial charge in [-0.3, -0.25) is 9.59 Å². The highest BCUT2D eigenvalue weighted by atomic mass is 35.5. The van der Waals surface area contributed by atoms with E-state index in [1.807, 2.05) is 0 Å². The van der Waals surface area contributed by atoms with Crippen LogP contribution in [0, 0.1) is 5.92 Å². The van der Waals surface area contributed by atoms with E-state index in [9.17, 15) is 14.7 Å². The van der Waals surface area contributed by atoms with Gasteiger partial charge >= 0.3 is 11.8 Å². The number of benzene rings is 1. The quantitative estimate of drug-likeness (QED) is 0.744. The molecular formula is C16H21ClN2O3.